The first kappa shape index (κ1) is 22.5. The topological polar surface area (TPSA) is 66.5 Å². The fourth-order valence-electron chi connectivity index (χ4n) is 3.45. The number of nitrogens with zero attached hydrogens (tertiary/aromatic N) is 1. The van der Waals surface area contributed by atoms with Crippen LogP contribution in [0.15, 0.2) is 65.6 Å². The van der Waals surface area contributed by atoms with Crippen LogP contribution in [0.25, 0.3) is 0 Å². The molecule has 0 aliphatic rings. The standard InChI is InChI=1S/C24H25FN2O3S/c1-16-5-9-21(10-6-16)27(31(29,30)22-11-7-20(25)8-12-22)15-23(28)26-24-18(3)13-17(2)14-19(24)4/h5-14H,15H2,1-4H3,(H,26,28). The molecule has 0 atom stereocenters. The second-order valence-electron chi connectivity index (χ2n) is 7.62. The van der Waals surface area contributed by atoms with Crippen LogP contribution in [0.1, 0.15) is 22.3 Å². The van der Waals surface area contributed by atoms with E-state index >= 15 is 0 Å². The maximum atomic E-state index is 13.3. The Labute approximate surface area is 182 Å². The average molecular weight is 441 g/mol. The largest absolute Gasteiger partial charge is 0.324 e. The molecule has 0 aliphatic carbocycles. The molecule has 1 N–H and O–H groups in total. The molecule has 0 aliphatic heterocycles. The monoisotopic (exact) mass is 440 g/mol. The van der Waals surface area contributed by atoms with Gasteiger partial charge in [-0.1, -0.05) is 35.4 Å². The van der Waals surface area contributed by atoms with Gasteiger partial charge in [0.15, 0.2) is 0 Å². The number of halogens is 1. The van der Waals surface area contributed by atoms with Crippen molar-refractivity contribution in [3.63, 3.8) is 0 Å². The number of aryl methyl sites for hydroxylation is 4. The molecule has 0 radical (unpaired) electrons. The number of amides is 1. The Bertz CT molecular complexity index is 1180. The molecule has 3 aromatic rings. The summed E-state index contributed by atoms with van der Waals surface area (Å²) in [5.74, 6) is -1.01. The first-order valence-corrected chi connectivity index (χ1v) is 11.2. The molecule has 5 nitrogen and oxygen atoms in total. The van der Waals surface area contributed by atoms with E-state index in [0.717, 1.165) is 38.7 Å². The molecule has 0 saturated carbocycles. The fourth-order valence-corrected chi connectivity index (χ4v) is 4.87. The van der Waals surface area contributed by atoms with E-state index in [1.807, 2.05) is 39.8 Å². The molecule has 3 aromatic carbocycles. The Hall–Kier alpha value is -3.19. The normalized spacial score (nSPS) is 11.3. The Kier molecular flexibility index (Phi) is 6.45. The predicted octanol–water partition coefficient (Wildman–Crippen LogP) is 4.89. The van der Waals surface area contributed by atoms with E-state index < -0.39 is 28.3 Å². The zero-order valence-electron chi connectivity index (χ0n) is 17.9. The highest BCUT2D eigenvalue weighted by atomic mass is 32.2. The van der Waals surface area contributed by atoms with Crippen molar-refractivity contribution in [1.82, 2.24) is 0 Å². The van der Waals surface area contributed by atoms with Gasteiger partial charge in [0, 0.05) is 5.69 Å². The van der Waals surface area contributed by atoms with Crippen LogP contribution >= 0.6 is 0 Å². The summed E-state index contributed by atoms with van der Waals surface area (Å²) in [5, 5.41) is 2.84. The Balaban J connectivity index is 1.96. The van der Waals surface area contributed by atoms with Crippen LogP contribution in [-0.4, -0.2) is 20.9 Å². The van der Waals surface area contributed by atoms with Crippen LogP contribution in [0.5, 0.6) is 0 Å². The lowest BCUT2D eigenvalue weighted by molar-refractivity contribution is -0.114. The van der Waals surface area contributed by atoms with Gasteiger partial charge in [0.05, 0.1) is 10.6 Å². The molecule has 31 heavy (non-hydrogen) atoms. The van der Waals surface area contributed by atoms with Crippen LogP contribution in [0.3, 0.4) is 0 Å². The van der Waals surface area contributed by atoms with E-state index in [4.69, 9.17) is 0 Å². The third kappa shape index (κ3) is 5.11. The average Bonchev–Trinajstić information content (AvgIpc) is 2.70. The summed E-state index contributed by atoms with van der Waals surface area (Å²) >= 11 is 0. The van der Waals surface area contributed by atoms with Crippen molar-refractivity contribution >= 4 is 27.3 Å². The molecule has 0 unspecified atom stereocenters. The van der Waals surface area contributed by atoms with Gasteiger partial charge >= 0.3 is 0 Å². The zero-order chi connectivity index (χ0) is 22.8. The third-order valence-corrected chi connectivity index (χ3v) is 6.74. The quantitative estimate of drug-likeness (QED) is 0.593. The molecule has 0 bridgehead atoms. The van der Waals surface area contributed by atoms with Crippen molar-refractivity contribution in [2.24, 2.45) is 0 Å². The summed E-state index contributed by atoms with van der Waals surface area (Å²) in [7, 11) is -4.09. The minimum atomic E-state index is -4.09. The highest BCUT2D eigenvalue weighted by Crippen LogP contribution is 2.26. The van der Waals surface area contributed by atoms with Gasteiger partial charge in [-0.3, -0.25) is 9.10 Å². The molecule has 0 saturated heterocycles. The van der Waals surface area contributed by atoms with E-state index in [-0.39, 0.29) is 4.90 Å². The molecular formula is C24H25FN2O3S. The Morgan fingerprint density at radius 1 is 0.871 bits per heavy atom. The lowest BCUT2D eigenvalue weighted by atomic mass is 10.1. The van der Waals surface area contributed by atoms with E-state index in [1.54, 1.807) is 24.3 Å². The molecular weight excluding hydrogens is 415 g/mol. The number of anilines is 2. The lowest BCUT2D eigenvalue weighted by Gasteiger charge is -2.24. The van der Waals surface area contributed by atoms with Crippen molar-refractivity contribution in [2.75, 3.05) is 16.2 Å². The SMILES string of the molecule is Cc1ccc(N(CC(=O)Nc2c(C)cc(C)cc2C)S(=O)(=O)c2ccc(F)cc2)cc1. The molecule has 0 heterocycles. The second-order valence-corrected chi connectivity index (χ2v) is 9.49. The van der Waals surface area contributed by atoms with Gasteiger partial charge in [-0.25, -0.2) is 12.8 Å². The number of carbonyl (C=O) groups excluding carboxylic acids is 1. The van der Waals surface area contributed by atoms with Gasteiger partial charge in [-0.15, -0.1) is 0 Å². The van der Waals surface area contributed by atoms with Gasteiger partial charge in [0.1, 0.15) is 12.4 Å². The summed E-state index contributed by atoms with van der Waals surface area (Å²) in [6.07, 6.45) is 0. The number of benzene rings is 3. The Morgan fingerprint density at radius 3 is 1.97 bits per heavy atom. The summed E-state index contributed by atoms with van der Waals surface area (Å²) in [4.78, 5) is 12.8. The van der Waals surface area contributed by atoms with Crippen LogP contribution in [0.2, 0.25) is 0 Å². The van der Waals surface area contributed by atoms with Crippen molar-refractivity contribution in [1.29, 1.82) is 0 Å². The zero-order valence-corrected chi connectivity index (χ0v) is 18.8. The van der Waals surface area contributed by atoms with E-state index in [9.17, 15) is 17.6 Å². The number of rotatable bonds is 6. The van der Waals surface area contributed by atoms with E-state index in [2.05, 4.69) is 5.32 Å². The number of nitrogens with one attached hydrogen (secondary N) is 1. The molecule has 0 spiro atoms. The fraction of sp³-hybridized carbons (Fsp3) is 0.208. The highest BCUT2D eigenvalue weighted by Gasteiger charge is 2.27. The van der Waals surface area contributed by atoms with Gasteiger partial charge in [-0.2, -0.15) is 0 Å². The Morgan fingerprint density at radius 2 is 1.42 bits per heavy atom. The first-order valence-electron chi connectivity index (χ1n) is 9.80. The van der Waals surface area contributed by atoms with Crippen molar-refractivity contribution in [3.8, 4) is 0 Å². The van der Waals surface area contributed by atoms with Gasteiger partial charge < -0.3 is 5.32 Å². The molecule has 162 valence electrons. The van der Waals surface area contributed by atoms with Crippen LogP contribution < -0.4 is 9.62 Å². The molecule has 1 amide bonds. The van der Waals surface area contributed by atoms with Crippen molar-refractivity contribution < 1.29 is 17.6 Å². The van der Waals surface area contributed by atoms with Crippen LogP contribution in [-0.2, 0) is 14.8 Å². The summed E-state index contributed by atoms with van der Waals surface area (Å²) in [6.45, 7) is 7.22. The second kappa shape index (κ2) is 8.89. The first-order chi connectivity index (χ1) is 14.6. The predicted molar refractivity (Wildman–Crippen MR) is 121 cm³/mol. The van der Waals surface area contributed by atoms with E-state index in [1.165, 1.54) is 12.1 Å². The summed E-state index contributed by atoms with van der Waals surface area (Å²) < 4.78 is 41.0. The van der Waals surface area contributed by atoms with Gasteiger partial charge in [-0.05, 0) is 75.2 Å². The maximum Gasteiger partial charge on any atom is 0.264 e. The maximum absolute atomic E-state index is 13.3. The highest BCUT2D eigenvalue weighted by molar-refractivity contribution is 7.92. The smallest absolute Gasteiger partial charge is 0.264 e. The molecule has 0 fully saturated rings. The molecule has 0 aromatic heterocycles. The van der Waals surface area contributed by atoms with Crippen molar-refractivity contribution in [2.45, 2.75) is 32.6 Å². The van der Waals surface area contributed by atoms with Gasteiger partial charge in [0.25, 0.3) is 10.0 Å². The van der Waals surface area contributed by atoms with Crippen LogP contribution in [0, 0.1) is 33.5 Å². The minimum Gasteiger partial charge on any atom is -0.324 e. The van der Waals surface area contributed by atoms with Crippen LogP contribution in [0.4, 0.5) is 15.8 Å². The minimum absolute atomic E-state index is 0.0926. The third-order valence-electron chi connectivity index (χ3n) is 4.95. The molecule has 3 rings (SSSR count). The van der Waals surface area contributed by atoms with Crippen molar-refractivity contribution in [3.05, 3.63) is 88.7 Å². The summed E-state index contributed by atoms with van der Waals surface area (Å²) in [5.41, 5.74) is 4.84. The number of hydrogen-bond acceptors (Lipinski definition) is 3. The van der Waals surface area contributed by atoms with Gasteiger partial charge in [0.2, 0.25) is 5.91 Å². The number of hydrogen-bond donors (Lipinski definition) is 1. The number of carbonyl (C=O) groups is 1. The molecule has 7 heteroatoms. The van der Waals surface area contributed by atoms with E-state index in [0.29, 0.717) is 11.4 Å². The lowest BCUT2D eigenvalue weighted by Crippen LogP contribution is -2.38. The summed E-state index contributed by atoms with van der Waals surface area (Å²) in [6, 6.07) is 15.3. The number of sulfonamides is 1.